The first-order chi connectivity index (χ1) is 12.1. The number of phenols is 2. The lowest BCUT2D eigenvalue weighted by atomic mass is 9.96. The molecule has 0 aliphatic carbocycles. The molecule has 0 saturated carbocycles. The van der Waals surface area contributed by atoms with Crippen molar-refractivity contribution in [2.24, 2.45) is 0 Å². The lowest BCUT2D eigenvalue weighted by molar-refractivity contribution is 0.174. The Morgan fingerprint density at radius 2 is 1.88 bits per heavy atom. The van der Waals surface area contributed by atoms with Crippen LogP contribution in [0.1, 0.15) is 18.2 Å². The maximum Gasteiger partial charge on any atom is 0.231 e. The summed E-state index contributed by atoms with van der Waals surface area (Å²) < 4.78 is 10.8. The summed E-state index contributed by atoms with van der Waals surface area (Å²) in [5.41, 5.74) is 4.62. The molecule has 0 fully saturated rings. The molecule has 0 bridgehead atoms. The third-order valence-electron chi connectivity index (χ3n) is 4.44. The number of nitrogens with one attached hydrogen (secondary N) is 1. The van der Waals surface area contributed by atoms with E-state index in [2.05, 4.69) is 10.2 Å². The fourth-order valence-corrected chi connectivity index (χ4v) is 3.12. The molecule has 0 unspecified atom stereocenters. The smallest absolute Gasteiger partial charge is 0.231 e. The molecule has 1 aliphatic heterocycles. The van der Waals surface area contributed by atoms with Gasteiger partial charge in [-0.2, -0.15) is 5.10 Å². The largest absolute Gasteiger partial charge is 0.508 e. The van der Waals surface area contributed by atoms with E-state index in [0.717, 1.165) is 22.4 Å². The van der Waals surface area contributed by atoms with Gasteiger partial charge in [0.25, 0.3) is 0 Å². The van der Waals surface area contributed by atoms with Crippen LogP contribution >= 0.6 is 0 Å². The van der Waals surface area contributed by atoms with E-state index in [0.29, 0.717) is 29.2 Å². The Kier molecular flexibility index (Phi) is 3.53. The third-order valence-corrected chi connectivity index (χ3v) is 4.44. The molecule has 3 aromatic rings. The zero-order valence-corrected chi connectivity index (χ0v) is 14.0. The SMILES string of the molecule is CCc1cc(-c2n[nH]c(C)c2-c2ccc3c(c2)OCO3)c(O)cc1O. The number of fused-ring (bicyclic) bond motifs is 1. The fourth-order valence-electron chi connectivity index (χ4n) is 3.12. The van der Waals surface area contributed by atoms with Gasteiger partial charge in [0.15, 0.2) is 11.5 Å². The normalized spacial score (nSPS) is 12.6. The predicted octanol–water partition coefficient (Wildman–Crippen LogP) is 3.75. The van der Waals surface area contributed by atoms with Crippen molar-refractivity contribution in [1.82, 2.24) is 10.2 Å². The van der Waals surface area contributed by atoms with E-state index in [-0.39, 0.29) is 18.3 Å². The molecular weight excluding hydrogens is 320 g/mol. The first-order valence-electron chi connectivity index (χ1n) is 8.08. The molecule has 0 radical (unpaired) electrons. The van der Waals surface area contributed by atoms with E-state index in [1.807, 2.05) is 32.0 Å². The van der Waals surface area contributed by atoms with Crippen molar-refractivity contribution in [2.75, 3.05) is 6.79 Å². The molecule has 2 aromatic carbocycles. The van der Waals surface area contributed by atoms with Crippen LogP contribution in [0.5, 0.6) is 23.0 Å². The summed E-state index contributed by atoms with van der Waals surface area (Å²) in [5.74, 6) is 1.48. The lowest BCUT2D eigenvalue weighted by Crippen LogP contribution is -1.92. The number of rotatable bonds is 3. The van der Waals surface area contributed by atoms with Crippen molar-refractivity contribution in [2.45, 2.75) is 20.3 Å². The maximum atomic E-state index is 10.3. The van der Waals surface area contributed by atoms with Crippen LogP contribution < -0.4 is 9.47 Å². The van der Waals surface area contributed by atoms with Gasteiger partial charge in [0, 0.05) is 22.9 Å². The molecule has 4 rings (SSSR count). The molecule has 1 aliphatic rings. The number of phenolic OH excluding ortho intramolecular Hbond substituents is 2. The highest BCUT2D eigenvalue weighted by Crippen LogP contribution is 2.42. The quantitative estimate of drug-likeness (QED) is 0.677. The van der Waals surface area contributed by atoms with Crippen molar-refractivity contribution >= 4 is 0 Å². The van der Waals surface area contributed by atoms with Crippen LogP contribution in [-0.4, -0.2) is 27.2 Å². The number of aromatic nitrogens is 2. The zero-order chi connectivity index (χ0) is 17.6. The minimum Gasteiger partial charge on any atom is -0.508 e. The van der Waals surface area contributed by atoms with Crippen molar-refractivity contribution in [3.8, 4) is 45.4 Å². The number of benzene rings is 2. The van der Waals surface area contributed by atoms with Crippen LogP contribution in [0.2, 0.25) is 0 Å². The fraction of sp³-hybridized carbons (Fsp3) is 0.211. The van der Waals surface area contributed by atoms with Gasteiger partial charge >= 0.3 is 0 Å². The van der Waals surface area contributed by atoms with E-state index < -0.39 is 0 Å². The molecule has 1 aromatic heterocycles. The van der Waals surface area contributed by atoms with E-state index in [4.69, 9.17) is 9.47 Å². The Balaban J connectivity index is 1.89. The number of aromatic amines is 1. The van der Waals surface area contributed by atoms with Gasteiger partial charge in [-0.3, -0.25) is 5.10 Å². The summed E-state index contributed by atoms with van der Waals surface area (Å²) in [6, 6.07) is 8.84. The summed E-state index contributed by atoms with van der Waals surface area (Å²) in [6.07, 6.45) is 0.655. The highest BCUT2D eigenvalue weighted by atomic mass is 16.7. The van der Waals surface area contributed by atoms with Crippen molar-refractivity contribution in [1.29, 1.82) is 0 Å². The molecule has 0 atom stereocenters. The lowest BCUT2D eigenvalue weighted by Gasteiger charge is -2.10. The zero-order valence-electron chi connectivity index (χ0n) is 14.0. The van der Waals surface area contributed by atoms with Gasteiger partial charge in [-0.15, -0.1) is 0 Å². The second-order valence-electron chi connectivity index (χ2n) is 5.99. The van der Waals surface area contributed by atoms with Gasteiger partial charge in [0.1, 0.15) is 17.2 Å². The van der Waals surface area contributed by atoms with Gasteiger partial charge < -0.3 is 19.7 Å². The molecule has 6 heteroatoms. The van der Waals surface area contributed by atoms with Crippen LogP contribution in [0.25, 0.3) is 22.4 Å². The van der Waals surface area contributed by atoms with Crippen LogP contribution in [0, 0.1) is 6.92 Å². The number of H-pyrrole nitrogens is 1. The topological polar surface area (TPSA) is 87.6 Å². The minimum absolute atomic E-state index is 0.0109. The van der Waals surface area contributed by atoms with Gasteiger partial charge in [0.2, 0.25) is 6.79 Å². The molecular formula is C19H18N2O4. The molecule has 0 spiro atoms. The Morgan fingerprint density at radius 1 is 1.08 bits per heavy atom. The molecule has 2 heterocycles. The summed E-state index contributed by atoms with van der Waals surface area (Å²) in [7, 11) is 0. The number of aryl methyl sites for hydroxylation is 2. The van der Waals surface area contributed by atoms with E-state index in [1.165, 1.54) is 6.07 Å². The van der Waals surface area contributed by atoms with Crippen LogP contribution in [0.15, 0.2) is 30.3 Å². The average molecular weight is 338 g/mol. The monoisotopic (exact) mass is 338 g/mol. The first kappa shape index (κ1) is 15.4. The molecule has 0 saturated heterocycles. The average Bonchev–Trinajstić information content (AvgIpc) is 3.20. The van der Waals surface area contributed by atoms with Crippen LogP contribution in [0.3, 0.4) is 0 Å². The van der Waals surface area contributed by atoms with Crippen molar-refractivity contribution in [3.05, 3.63) is 41.6 Å². The standard InChI is InChI=1S/C19H18N2O4/c1-3-11-6-13(15(23)8-14(11)22)19-18(10(2)20-21-19)12-4-5-16-17(7-12)25-9-24-16/h4-8,22-23H,3,9H2,1-2H3,(H,20,21). The number of hydrogen-bond donors (Lipinski definition) is 3. The Labute approximate surface area is 144 Å². The summed E-state index contributed by atoms with van der Waals surface area (Å²) in [6.45, 7) is 4.09. The maximum absolute atomic E-state index is 10.3. The number of nitrogens with zero attached hydrogens (tertiary/aromatic N) is 1. The van der Waals surface area contributed by atoms with Crippen molar-refractivity contribution < 1.29 is 19.7 Å². The van der Waals surface area contributed by atoms with Gasteiger partial charge in [0.05, 0.1) is 0 Å². The second-order valence-corrected chi connectivity index (χ2v) is 5.99. The summed E-state index contributed by atoms with van der Waals surface area (Å²) >= 11 is 0. The van der Waals surface area contributed by atoms with E-state index in [1.54, 1.807) is 6.07 Å². The Hall–Kier alpha value is -3.15. The molecule has 0 amide bonds. The molecule has 3 N–H and O–H groups in total. The van der Waals surface area contributed by atoms with E-state index in [9.17, 15) is 10.2 Å². The minimum atomic E-state index is -0.0109. The third kappa shape index (κ3) is 2.46. The molecule has 6 nitrogen and oxygen atoms in total. The highest BCUT2D eigenvalue weighted by molar-refractivity contribution is 5.86. The highest BCUT2D eigenvalue weighted by Gasteiger charge is 2.21. The Bertz CT molecular complexity index is 962. The second kappa shape index (κ2) is 5.73. The van der Waals surface area contributed by atoms with Gasteiger partial charge in [-0.25, -0.2) is 0 Å². The summed E-state index contributed by atoms with van der Waals surface area (Å²) in [5, 5.41) is 27.7. The van der Waals surface area contributed by atoms with Gasteiger partial charge in [-0.05, 0) is 42.7 Å². The summed E-state index contributed by atoms with van der Waals surface area (Å²) in [4.78, 5) is 0. The number of aromatic hydroxyl groups is 2. The molecule has 25 heavy (non-hydrogen) atoms. The Morgan fingerprint density at radius 3 is 2.68 bits per heavy atom. The number of hydrogen-bond acceptors (Lipinski definition) is 5. The van der Waals surface area contributed by atoms with Crippen molar-refractivity contribution in [3.63, 3.8) is 0 Å². The number of ether oxygens (including phenoxy) is 2. The van der Waals surface area contributed by atoms with E-state index >= 15 is 0 Å². The van der Waals surface area contributed by atoms with Crippen LogP contribution in [0.4, 0.5) is 0 Å². The first-order valence-corrected chi connectivity index (χ1v) is 8.08. The van der Waals surface area contributed by atoms with Gasteiger partial charge in [-0.1, -0.05) is 13.0 Å². The predicted molar refractivity (Wildman–Crippen MR) is 93.0 cm³/mol. The van der Waals surface area contributed by atoms with Crippen LogP contribution in [-0.2, 0) is 6.42 Å². The molecule has 128 valence electrons.